The van der Waals surface area contributed by atoms with Gasteiger partial charge in [-0.2, -0.15) is 0 Å². The monoisotopic (exact) mass is 1520 g/mol. The molecule has 2 aliphatic rings. The maximum atomic E-state index is 15.1. The van der Waals surface area contributed by atoms with Gasteiger partial charge in [-0.25, -0.2) is 13.2 Å². The summed E-state index contributed by atoms with van der Waals surface area (Å²) in [6, 6.07) is 3.48. The van der Waals surface area contributed by atoms with Gasteiger partial charge in [-0.05, 0) is 124 Å². The Bertz CT molecular complexity index is 3600. The van der Waals surface area contributed by atoms with Crippen LogP contribution in [-0.2, 0) is 72.1 Å². The number of carbonyl (C=O) groups is 12. The minimum atomic E-state index is -3.23. The largest absolute Gasteiger partial charge is 0.457 e. The van der Waals surface area contributed by atoms with Crippen LogP contribution in [0.25, 0.3) is 11.1 Å². The molecule has 0 bridgehead atoms. The molecule has 2 aromatic carbocycles. The normalized spacial score (nSPS) is 24.5. The van der Waals surface area contributed by atoms with E-state index in [2.05, 4.69) is 21.3 Å². The molecule has 0 aromatic heterocycles. The third kappa shape index (κ3) is 25.5. The predicted octanol–water partition coefficient (Wildman–Crippen LogP) is 5.83. The van der Waals surface area contributed by atoms with Gasteiger partial charge in [0.15, 0.2) is 9.84 Å². The van der Waals surface area contributed by atoms with Gasteiger partial charge >= 0.3 is 5.97 Å². The zero-order valence-electron chi connectivity index (χ0n) is 68.0. The van der Waals surface area contributed by atoms with E-state index >= 15 is 9.59 Å². The molecular formula is C79H125N11O16S. The molecule has 0 radical (unpaired) electrons. The maximum Gasteiger partial charge on any atom is 0.339 e. The molecule has 0 aliphatic carbocycles. The number of likely N-dealkylation sites (N-methyl/N-ethyl adjacent to an activating group) is 7. The Labute approximate surface area is 636 Å². The van der Waals surface area contributed by atoms with Crippen molar-refractivity contribution in [2.24, 2.45) is 41.4 Å². The van der Waals surface area contributed by atoms with Crippen LogP contribution >= 0.6 is 0 Å². The van der Waals surface area contributed by atoms with Crippen LogP contribution in [0, 0.1) is 41.4 Å². The SMILES string of the molecule is C/C=C/C[C@@H](C)[C@@H](O)[C@H]1C(=O)N[C@@H](CC)C(=O)N(C)CC(=O)N(C)[C@@H](CC(C)C)C(=O)N[C@@H](C(C)C)C(=O)N(C)[C@@H](CC(C)C)C(=O)N[C@@H](C)C(=O)N[C@H](C)C(=O)N(C)[C@@H](CC(C)C)C(=O)N(C)[C@@H](CC(C)C)C(=O)N(C)[C@@H](C(C)C)C(=O)N1C.CS(=O)(=O)c1ccc(C2=C(c3ccccc3)C(=O)OC2)cc1. The molecule has 2 aromatic rings. The smallest absolute Gasteiger partial charge is 0.339 e. The second-order valence-electron chi connectivity index (χ2n) is 31.2. The molecule has 0 saturated carbocycles. The fourth-order valence-electron chi connectivity index (χ4n) is 13.1. The van der Waals surface area contributed by atoms with Crippen LogP contribution in [0.15, 0.2) is 71.6 Å². The van der Waals surface area contributed by atoms with E-state index < -0.39 is 166 Å². The standard InChI is InChI=1S/C62H111N11O12.C17H14O4S/c1-25-27-28-40(15)52(75)51-56(79)65-43(26-2)58(81)67(18)33-48(74)68(19)44(29-34(3)4)55(78)66-49(38(11)12)61(84)69(20)45(30-35(5)6)54(77)63-41(16)53(76)64-42(17)57(80)70(21)46(31-36(7)8)59(82)71(22)47(32-37(9)10)60(83)72(23)50(39(13)14)62(85)73(51)24;1-22(19,20)14-9-7-12(8-10-14)15-11-21-17(18)16(15)13-5-3-2-4-6-13/h25,27,34-47,49-52,75H,26,28-33H2,1-24H3,(H,63,77)(H,64,76)(H,65,79)(H,66,78);2-10H,11H2,1H3/b27-25+;/t40-,41+,42-,43+,44+,45+,46+,47+,49+,50+,51+,52-;/m1./s1. The van der Waals surface area contributed by atoms with Crippen LogP contribution in [0.4, 0.5) is 0 Å². The van der Waals surface area contributed by atoms with Crippen molar-refractivity contribution in [1.29, 1.82) is 0 Å². The van der Waals surface area contributed by atoms with E-state index in [-0.39, 0.29) is 73.2 Å². The van der Waals surface area contributed by atoms with Gasteiger partial charge < -0.3 is 65.4 Å². The second kappa shape index (κ2) is 41.7. The topological polar surface area (TPSA) is 339 Å². The summed E-state index contributed by atoms with van der Waals surface area (Å²) in [6.07, 6.45) is 4.21. The number of allylic oxidation sites excluding steroid dienone is 2. The number of esters is 1. The number of rotatable bonds is 18. The minimum Gasteiger partial charge on any atom is -0.457 e. The van der Waals surface area contributed by atoms with Gasteiger partial charge in [0.1, 0.15) is 67.0 Å². The van der Waals surface area contributed by atoms with E-state index in [0.29, 0.717) is 12.0 Å². The maximum absolute atomic E-state index is 15.1. The second-order valence-corrected chi connectivity index (χ2v) is 33.2. The molecule has 598 valence electrons. The molecule has 2 aliphatic heterocycles. The number of aliphatic hydroxyl groups excluding tert-OH is 1. The number of nitrogens with one attached hydrogen (secondary N) is 4. The van der Waals surface area contributed by atoms with Crippen LogP contribution in [0.1, 0.15) is 167 Å². The first-order chi connectivity index (χ1) is 49.7. The summed E-state index contributed by atoms with van der Waals surface area (Å²) in [7, 11) is 6.68. The summed E-state index contributed by atoms with van der Waals surface area (Å²) in [5.74, 6) is -10.1. The summed E-state index contributed by atoms with van der Waals surface area (Å²) in [5, 5.41) is 23.1. The molecule has 28 heteroatoms. The first-order valence-electron chi connectivity index (χ1n) is 37.3. The molecule has 27 nitrogen and oxygen atoms in total. The molecule has 5 N–H and O–H groups in total. The number of carbonyl (C=O) groups excluding carboxylic acids is 12. The molecule has 12 atom stereocenters. The van der Waals surface area contributed by atoms with E-state index in [1.807, 2.05) is 91.8 Å². The molecule has 0 unspecified atom stereocenters. The zero-order chi connectivity index (χ0) is 81.7. The quantitative estimate of drug-likeness (QED) is 0.0866. The highest BCUT2D eigenvalue weighted by Gasteiger charge is 2.46. The molecular weight excluding hydrogens is 1390 g/mol. The molecule has 4 rings (SSSR count). The predicted molar refractivity (Wildman–Crippen MR) is 412 cm³/mol. The van der Waals surface area contributed by atoms with Gasteiger partial charge in [-0.3, -0.25) is 52.7 Å². The zero-order valence-corrected chi connectivity index (χ0v) is 68.8. The van der Waals surface area contributed by atoms with Gasteiger partial charge in [-0.1, -0.05) is 152 Å². The fraction of sp³-hybridized carbons (Fsp3) is 0.646. The molecule has 11 amide bonds. The summed E-state index contributed by atoms with van der Waals surface area (Å²) in [5.41, 5.74) is 2.90. The summed E-state index contributed by atoms with van der Waals surface area (Å²) in [4.78, 5) is 181. The Kier molecular flexibility index (Phi) is 36.1. The number of hydrogen-bond acceptors (Lipinski definition) is 16. The lowest BCUT2D eigenvalue weighted by atomic mass is 9.91. The Morgan fingerprint density at radius 2 is 0.963 bits per heavy atom. The summed E-state index contributed by atoms with van der Waals surface area (Å²) >= 11 is 0. The number of hydrogen-bond donors (Lipinski definition) is 5. The van der Waals surface area contributed by atoms with Gasteiger partial charge in [0.25, 0.3) is 0 Å². The van der Waals surface area contributed by atoms with Crippen molar-refractivity contribution in [1.82, 2.24) is 55.6 Å². The van der Waals surface area contributed by atoms with Crippen molar-refractivity contribution in [2.75, 3.05) is 68.7 Å². The van der Waals surface area contributed by atoms with E-state index in [0.717, 1.165) is 26.5 Å². The van der Waals surface area contributed by atoms with Crippen molar-refractivity contribution >= 4 is 91.9 Å². The number of amides is 11. The lowest BCUT2D eigenvalue weighted by molar-refractivity contribution is -0.157. The Balaban J connectivity index is 0.00000113. The first kappa shape index (κ1) is 92.7. The Morgan fingerprint density at radius 3 is 1.44 bits per heavy atom. The van der Waals surface area contributed by atoms with Gasteiger partial charge in [0, 0.05) is 61.2 Å². The van der Waals surface area contributed by atoms with Crippen LogP contribution in [-0.4, -0.2) is 254 Å². The Morgan fingerprint density at radius 1 is 0.505 bits per heavy atom. The third-order valence-electron chi connectivity index (χ3n) is 19.6. The van der Waals surface area contributed by atoms with Crippen molar-refractivity contribution in [3.63, 3.8) is 0 Å². The highest BCUT2D eigenvalue weighted by Crippen LogP contribution is 2.34. The molecule has 1 fully saturated rings. The average molecular weight is 1520 g/mol. The summed E-state index contributed by atoms with van der Waals surface area (Å²) in [6.45, 7) is 29.5. The van der Waals surface area contributed by atoms with Gasteiger partial charge in [0.05, 0.1) is 23.1 Å². The van der Waals surface area contributed by atoms with Crippen molar-refractivity contribution < 1.29 is 75.8 Å². The lowest BCUT2D eigenvalue weighted by Gasteiger charge is -2.41. The number of cyclic esters (lactones) is 1. The van der Waals surface area contributed by atoms with Crippen molar-refractivity contribution in [2.45, 2.75) is 228 Å². The molecule has 107 heavy (non-hydrogen) atoms. The average Bonchev–Trinajstić information content (AvgIpc) is 1.79. The van der Waals surface area contributed by atoms with E-state index in [4.69, 9.17) is 4.74 Å². The van der Waals surface area contributed by atoms with Crippen molar-refractivity contribution in [3.8, 4) is 0 Å². The van der Waals surface area contributed by atoms with E-state index in [9.17, 15) is 61.5 Å². The molecule has 1 saturated heterocycles. The fourth-order valence-corrected chi connectivity index (χ4v) is 13.7. The molecule has 2 heterocycles. The number of aliphatic hydroxyl groups is 1. The highest BCUT2D eigenvalue weighted by atomic mass is 32.2. The van der Waals surface area contributed by atoms with Gasteiger partial charge in [0.2, 0.25) is 65.0 Å². The van der Waals surface area contributed by atoms with Crippen LogP contribution in [0.3, 0.4) is 0 Å². The third-order valence-corrected chi connectivity index (χ3v) is 20.8. The molecule has 0 spiro atoms. The highest BCUT2D eigenvalue weighted by molar-refractivity contribution is 7.90. The minimum absolute atomic E-state index is 0.0229. The number of sulfone groups is 1. The Hall–Kier alpha value is -8.53. The number of nitrogens with zero attached hydrogens (tertiary/aromatic N) is 7. The first-order valence-corrected chi connectivity index (χ1v) is 39.2. The van der Waals surface area contributed by atoms with Gasteiger partial charge in [-0.15, -0.1) is 0 Å². The number of ether oxygens (including phenoxy) is 1. The van der Waals surface area contributed by atoms with Crippen LogP contribution in [0.2, 0.25) is 0 Å². The van der Waals surface area contributed by atoms with E-state index in [1.165, 1.54) is 93.9 Å². The number of benzene rings is 2. The van der Waals surface area contributed by atoms with Crippen LogP contribution in [0.5, 0.6) is 0 Å². The lowest BCUT2D eigenvalue weighted by Crippen LogP contribution is -2.63. The van der Waals surface area contributed by atoms with Crippen LogP contribution < -0.4 is 21.3 Å². The van der Waals surface area contributed by atoms with E-state index in [1.54, 1.807) is 78.8 Å². The van der Waals surface area contributed by atoms with Crippen molar-refractivity contribution in [3.05, 3.63) is 77.9 Å². The summed E-state index contributed by atoms with van der Waals surface area (Å²) < 4.78 is 28.2.